The average Bonchev–Trinajstić information content (AvgIpc) is 3.52. The largest absolute Gasteiger partial charge is 0.505 e. The molecule has 1 aliphatic rings. The number of aromatic hydroxyl groups is 1. The number of aromatic nitrogens is 2. The summed E-state index contributed by atoms with van der Waals surface area (Å²) < 4.78 is 0. The lowest BCUT2D eigenvalue weighted by Crippen LogP contribution is -2.32. The number of anilines is 1. The summed E-state index contributed by atoms with van der Waals surface area (Å²) >= 11 is 0. The van der Waals surface area contributed by atoms with Crippen molar-refractivity contribution in [3.05, 3.63) is 109 Å². The molecule has 0 radical (unpaired) electrons. The van der Waals surface area contributed by atoms with E-state index in [0.717, 1.165) is 11.3 Å². The summed E-state index contributed by atoms with van der Waals surface area (Å²) in [6, 6.07) is 16.7. The van der Waals surface area contributed by atoms with E-state index in [2.05, 4.69) is 20.3 Å². The lowest BCUT2D eigenvalue weighted by molar-refractivity contribution is -0.385. The Labute approximate surface area is 236 Å². The normalized spacial score (nSPS) is 15.0. The summed E-state index contributed by atoms with van der Waals surface area (Å²) in [5, 5.41) is 26.2. The highest BCUT2D eigenvalue weighted by atomic mass is 16.6. The zero-order chi connectivity index (χ0) is 29.4. The molecule has 5 rings (SSSR count). The number of nitrogens with one attached hydrogen (secondary N) is 3. The highest BCUT2D eigenvalue weighted by molar-refractivity contribution is 5.97. The van der Waals surface area contributed by atoms with Crippen LogP contribution < -0.4 is 21.1 Å². The number of aryl methyl sites for hydroxylation is 1. The molecule has 10 heteroatoms. The molecule has 4 N–H and O–H groups in total. The number of benzene rings is 2. The van der Waals surface area contributed by atoms with Gasteiger partial charge < -0.3 is 25.3 Å². The van der Waals surface area contributed by atoms with Crippen LogP contribution in [0.3, 0.4) is 0 Å². The van der Waals surface area contributed by atoms with Gasteiger partial charge in [-0.3, -0.25) is 14.9 Å². The van der Waals surface area contributed by atoms with E-state index in [1.807, 2.05) is 68.4 Å². The smallest absolute Gasteiger partial charge is 0.272 e. The van der Waals surface area contributed by atoms with Crippen molar-refractivity contribution >= 4 is 23.4 Å². The molecule has 0 saturated heterocycles. The number of nitrogens with zero attached hydrogens (tertiary/aromatic N) is 3. The molecule has 210 valence electrons. The van der Waals surface area contributed by atoms with Crippen LogP contribution in [0.5, 0.6) is 5.75 Å². The van der Waals surface area contributed by atoms with E-state index in [1.165, 1.54) is 6.07 Å². The minimum atomic E-state index is -0.532. The molecule has 2 aromatic carbocycles. The Kier molecular flexibility index (Phi) is 7.23. The second-order valence-electron chi connectivity index (χ2n) is 10.3. The molecule has 1 amide bonds. The van der Waals surface area contributed by atoms with Gasteiger partial charge in [-0.05, 0) is 56.7 Å². The Morgan fingerprint density at radius 3 is 2.51 bits per heavy atom. The number of hydrogen-bond acceptors (Lipinski definition) is 6. The maximum Gasteiger partial charge on any atom is 0.272 e. The van der Waals surface area contributed by atoms with Gasteiger partial charge in [0.25, 0.3) is 5.69 Å². The van der Waals surface area contributed by atoms with Crippen LogP contribution in [0.25, 0.3) is 17.3 Å². The van der Waals surface area contributed by atoms with Gasteiger partial charge in [0.1, 0.15) is 11.2 Å². The number of likely N-dealkylation sites (N-methyl/N-ethyl adjacent to an activating group) is 1. The summed E-state index contributed by atoms with van der Waals surface area (Å²) in [5.41, 5.74) is 6.65. The number of carbonyl (C=O) groups excluding carboxylic acids is 1. The van der Waals surface area contributed by atoms with Gasteiger partial charge in [0.15, 0.2) is 0 Å². The second kappa shape index (κ2) is 10.8. The topological polar surface area (TPSA) is 140 Å². The van der Waals surface area contributed by atoms with Crippen LogP contribution >= 0.6 is 0 Å². The molecule has 1 aliphatic heterocycles. The van der Waals surface area contributed by atoms with Crippen molar-refractivity contribution in [1.29, 1.82) is 0 Å². The number of hydrogen-bond donors (Lipinski definition) is 4. The van der Waals surface area contributed by atoms with Crippen LogP contribution in [-0.4, -0.2) is 46.5 Å². The van der Waals surface area contributed by atoms with Crippen LogP contribution in [0.1, 0.15) is 42.1 Å². The predicted molar refractivity (Wildman–Crippen MR) is 158 cm³/mol. The zero-order valence-corrected chi connectivity index (χ0v) is 23.6. The number of allylic oxidation sites excluding steroid dienone is 1. The maximum atomic E-state index is 13.2. The van der Waals surface area contributed by atoms with E-state index in [1.54, 1.807) is 26.0 Å². The summed E-state index contributed by atoms with van der Waals surface area (Å²) in [4.78, 5) is 37.4. The predicted octanol–water partition coefficient (Wildman–Crippen LogP) is 4.00. The second-order valence-corrected chi connectivity index (χ2v) is 10.3. The Bertz CT molecular complexity index is 1810. The third-order valence-electron chi connectivity index (χ3n) is 7.32. The van der Waals surface area contributed by atoms with Gasteiger partial charge >= 0.3 is 0 Å². The van der Waals surface area contributed by atoms with Gasteiger partial charge in [0, 0.05) is 66.5 Å². The first-order valence-corrected chi connectivity index (χ1v) is 13.3. The highest BCUT2D eigenvalue weighted by Crippen LogP contribution is 2.38. The maximum absolute atomic E-state index is 13.2. The summed E-state index contributed by atoms with van der Waals surface area (Å²) in [6.45, 7) is 5.83. The molecule has 1 atom stereocenters. The first-order chi connectivity index (χ1) is 19.6. The zero-order valence-electron chi connectivity index (χ0n) is 23.6. The van der Waals surface area contributed by atoms with E-state index < -0.39 is 10.8 Å². The van der Waals surface area contributed by atoms with E-state index in [0.29, 0.717) is 56.7 Å². The SMILES string of the molecule is CCNC(=O)C1=C(C)N=c2[nH]c(=Cc3ccc(-c4ccc(C)c([N+](=O)[O-])c4)[nH]3)c(O)c2C1c1ccc(N(C)C)cc1. The Morgan fingerprint density at radius 2 is 1.85 bits per heavy atom. The monoisotopic (exact) mass is 552 g/mol. The lowest BCUT2D eigenvalue weighted by Gasteiger charge is -2.24. The number of nitro benzene ring substituents is 1. The minimum absolute atomic E-state index is 0.00172. The van der Waals surface area contributed by atoms with Gasteiger partial charge in [-0.2, -0.15) is 0 Å². The van der Waals surface area contributed by atoms with Crippen molar-refractivity contribution in [3.8, 4) is 17.0 Å². The van der Waals surface area contributed by atoms with E-state index in [4.69, 9.17) is 0 Å². The summed E-state index contributed by atoms with van der Waals surface area (Å²) in [7, 11) is 3.92. The molecule has 3 heterocycles. The minimum Gasteiger partial charge on any atom is -0.505 e. The van der Waals surface area contributed by atoms with Gasteiger partial charge in [0.2, 0.25) is 5.91 Å². The van der Waals surface area contributed by atoms with Crippen LogP contribution in [0.15, 0.2) is 70.9 Å². The Hall–Kier alpha value is -5.12. The number of fused-ring (bicyclic) bond motifs is 1. The van der Waals surface area contributed by atoms with Crippen molar-refractivity contribution in [2.45, 2.75) is 26.7 Å². The van der Waals surface area contributed by atoms with Crippen molar-refractivity contribution in [2.75, 3.05) is 25.5 Å². The van der Waals surface area contributed by atoms with Crippen LogP contribution in [0.4, 0.5) is 11.4 Å². The van der Waals surface area contributed by atoms with E-state index >= 15 is 0 Å². The first kappa shape index (κ1) is 27.4. The van der Waals surface area contributed by atoms with E-state index in [9.17, 15) is 20.0 Å². The number of aromatic amines is 2. The number of carbonyl (C=O) groups is 1. The fraction of sp³-hybridized carbons (Fsp3) is 0.226. The molecule has 1 unspecified atom stereocenters. The number of H-pyrrole nitrogens is 2. The summed E-state index contributed by atoms with van der Waals surface area (Å²) in [5.74, 6) is -0.758. The molecule has 10 nitrogen and oxygen atoms in total. The van der Waals surface area contributed by atoms with Crippen LogP contribution in [-0.2, 0) is 4.79 Å². The molecule has 0 aliphatic carbocycles. The molecule has 2 aromatic heterocycles. The quantitative estimate of drug-likeness (QED) is 0.203. The Morgan fingerprint density at radius 1 is 1.12 bits per heavy atom. The van der Waals surface area contributed by atoms with Crippen LogP contribution in [0.2, 0.25) is 0 Å². The molecule has 41 heavy (non-hydrogen) atoms. The fourth-order valence-corrected chi connectivity index (χ4v) is 5.20. The molecule has 0 fully saturated rings. The average molecular weight is 553 g/mol. The third kappa shape index (κ3) is 5.11. The molecular weight excluding hydrogens is 520 g/mol. The molecule has 4 aromatic rings. The van der Waals surface area contributed by atoms with Crippen molar-refractivity contribution < 1.29 is 14.8 Å². The van der Waals surface area contributed by atoms with Gasteiger partial charge in [-0.25, -0.2) is 4.99 Å². The molecule has 0 saturated carbocycles. The first-order valence-electron chi connectivity index (χ1n) is 13.3. The number of nitro groups is 1. The van der Waals surface area contributed by atoms with Gasteiger partial charge in [0.05, 0.1) is 21.4 Å². The molecule has 0 bridgehead atoms. The lowest BCUT2D eigenvalue weighted by atomic mass is 9.82. The fourth-order valence-electron chi connectivity index (χ4n) is 5.20. The van der Waals surface area contributed by atoms with Crippen molar-refractivity contribution in [1.82, 2.24) is 15.3 Å². The Balaban J connectivity index is 1.60. The van der Waals surface area contributed by atoms with Gasteiger partial charge in [-0.1, -0.05) is 24.3 Å². The summed E-state index contributed by atoms with van der Waals surface area (Å²) in [6.07, 6.45) is 1.75. The number of amides is 1. The molecule has 0 spiro atoms. The van der Waals surface area contributed by atoms with Crippen molar-refractivity contribution in [3.63, 3.8) is 0 Å². The molecular formula is C31H32N6O4. The van der Waals surface area contributed by atoms with Crippen LogP contribution in [0, 0.1) is 17.0 Å². The number of rotatable bonds is 7. The highest BCUT2D eigenvalue weighted by Gasteiger charge is 2.34. The van der Waals surface area contributed by atoms with Crippen molar-refractivity contribution in [2.24, 2.45) is 4.99 Å². The standard InChI is InChI=1S/C31H32N6O4/c1-6-32-31(39)26-18(3)33-30-28(27(26)19-9-12-22(13-10-19)36(4)5)29(38)24(35-30)16-21-11-14-23(34-21)20-8-7-17(2)25(15-20)37(40)41/h7-16,27,34,38H,6H2,1-5H3,(H,32,39)(H,33,35). The third-order valence-corrected chi connectivity index (χ3v) is 7.32. The van der Waals surface area contributed by atoms with E-state index in [-0.39, 0.29) is 17.3 Å². The van der Waals surface area contributed by atoms with Gasteiger partial charge in [-0.15, -0.1) is 0 Å².